The van der Waals surface area contributed by atoms with E-state index in [4.69, 9.17) is 16.3 Å². The van der Waals surface area contributed by atoms with E-state index in [2.05, 4.69) is 26.1 Å². The lowest BCUT2D eigenvalue weighted by atomic mass is 9.82. The first-order valence-electron chi connectivity index (χ1n) is 8.63. The van der Waals surface area contributed by atoms with Crippen LogP contribution in [-0.2, 0) is 14.3 Å². The van der Waals surface area contributed by atoms with Crippen LogP contribution in [0.5, 0.6) is 0 Å². The Morgan fingerprint density at radius 2 is 1.58 bits per heavy atom. The van der Waals surface area contributed by atoms with Crippen molar-refractivity contribution in [1.29, 1.82) is 0 Å². The van der Waals surface area contributed by atoms with Gasteiger partial charge >= 0.3 is 5.97 Å². The van der Waals surface area contributed by atoms with Crippen molar-refractivity contribution in [2.45, 2.75) is 59.4 Å². The predicted molar refractivity (Wildman–Crippen MR) is 102 cm³/mol. The van der Waals surface area contributed by atoms with Crippen molar-refractivity contribution in [3.63, 3.8) is 0 Å². The number of hydrogen-bond acceptors (Lipinski definition) is 4. The highest BCUT2D eigenvalue weighted by atomic mass is 35.5. The molecule has 1 aromatic carbocycles. The molecule has 0 bridgehead atoms. The topological polar surface area (TPSA) is 72.5 Å². The zero-order valence-corrected chi connectivity index (χ0v) is 16.9. The lowest BCUT2D eigenvalue weighted by Gasteiger charge is -2.33. The number of ether oxygens (including phenoxy) is 1. The van der Waals surface area contributed by atoms with E-state index in [1.165, 1.54) is 0 Å². The first-order valence-corrected chi connectivity index (χ1v) is 9.01. The second kappa shape index (κ2) is 9.17. The molecule has 0 aliphatic rings. The first kappa shape index (κ1) is 22.2. The SMILES string of the molecule is CC(C)(C)CC(C)(C)NC(=O)COC(=O)CCC(=O)c1ccc(Cl)cc1. The number of hydrogen-bond donors (Lipinski definition) is 1. The number of ketones is 1. The quantitative estimate of drug-likeness (QED) is 0.541. The largest absolute Gasteiger partial charge is 0.456 e. The van der Waals surface area contributed by atoms with Gasteiger partial charge in [-0.15, -0.1) is 0 Å². The fraction of sp³-hybridized carbons (Fsp3) is 0.550. The fourth-order valence-electron chi connectivity index (χ4n) is 3.00. The number of rotatable bonds is 8. The molecule has 5 nitrogen and oxygen atoms in total. The van der Waals surface area contributed by atoms with Crippen molar-refractivity contribution < 1.29 is 19.1 Å². The van der Waals surface area contributed by atoms with Crippen molar-refractivity contribution in [1.82, 2.24) is 5.32 Å². The standard InChI is InChI=1S/C20H28ClNO4/c1-19(2,3)13-20(4,5)22-17(24)12-26-18(25)11-10-16(23)14-6-8-15(21)9-7-14/h6-9H,10-13H2,1-5H3,(H,22,24). The molecule has 0 aromatic heterocycles. The summed E-state index contributed by atoms with van der Waals surface area (Å²) in [6.07, 6.45) is 0.743. The Hall–Kier alpha value is -1.88. The van der Waals surface area contributed by atoms with Gasteiger partial charge in [-0.1, -0.05) is 32.4 Å². The predicted octanol–water partition coefficient (Wildman–Crippen LogP) is 4.18. The Balaban J connectivity index is 2.36. The van der Waals surface area contributed by atoms with Crippen molar-refractivity contribution >= 4 is 29.3 Å². The second-order valence-corrected chi connectivity index (χ2v) is 8.70. The molecule has 1 amide bonds. The zero-order valence-electron chi connectivity index (χ0n) is 16.1. The highest BCUT2D eigenvalue weighted by Gasteiger charge is 2.27. The Morgan fingerprint density at radius 1 is 1.00 bits per heavy atom. The van der Waals surface area contributed by atoms with Crippen LogP contribution in [0, 0.1) is 5.41 Å². The molecule has 0 fully saturated rings. The van der Waals surface area contributed by atoms with Gasteiger partial charge in [0.05, 0.1) is 6.42 Å². The average molecular weight is 382 g/mol. The number of carbonyl (C=O) groups excluding carboxylic acids is 3. The maximum atomic E-state index is 12.0. The van der Waals surface area contributed by atoms with Crippen LogP contribution in [0.3, 0.4) is 0 Å². The van der Waals surface area contributed by atoms with E-state index < -0.39 is 11.5 Å². The summed E-state index contributed by atoms with van der Waals surface area (Å²) in [5, 5.41) is 3.41. The number of amides is 1. The molecule has 0 unspecified atom stereocenters. The molecule has 0 spiro atoms. The summed E-state index contributed by atoms with van der Waals surface area (Å²) in [6.45, 7) is 9.81. The molecule has 6 heteroatoms. The number of esters is 1. The maximum absolute atomic E-state index is 12.0. The molecule has 26 heavy (non-hydrogen) atoms. The van der Waals surface area contributed by atoms with Crippen LogP contribution in [0.15, 0.2) is 24.3 Å². The van der Waals surface area contributed by atoms with Crippen LogP contribution in [0.25, 0.3) is 0 Å². The molecule has 0 heterocycles. The third-order valence-corrected chi connectivity index (χ3v) is 3.79. The Bertz CT molecular complexity index is 645. The minimum Gasteiger partial charge on any atom is -0.456 e. The molecule has 1 aromatic rings. The van der Waals surface area contributed by atoms with Gasteiger partial charge in [0.25, 0.3) is 5.91 Å². The molecule has 1 rings (SSSR count). The van der Waals surface area contributed by atoms with Gasteiger partial charge in [-0.05, 0) is 49.9 Å². The van der Waals surface area contributed by atoms with Crippen LogP contribution < -0.4 is 5.32 Å². The van der Waals surface area contributed by atoms with Gasteiger partial charge in [-0.2, -0.15) is 0 Å². The van der Waals surface area contributed by atoms with Gasteiger partial charge in [0, 0.05) is 22.5 Å². The third kappa shape index (κ3) is 8.99. The molecule has 1 N–H and O–H groups in total. The van der Waals surface area contributed by atoms with E-state index in [0.717, 1.165) is 6.42 Å². The van der Waals surface area contributed by atoms with Crippen LogP contribution in [0.4, 0.5) is 0 Å². The molecule has 0 aliphatic heterocycles. The normalized spacial score (nSPS) is 11.8. The molecular formula is C20H28ClNO4. The number of nitrogens with one attached hydrogen (secondary N) is 1. The lowest BCUT2D eigenvalue weighted by molar-refractivity contribution is -0.149. The molecule has 144 valence electrons. The van der Waals surface area contributed by atoms with Crippen LogP contribution in [0.2, 0.25) is 5.02 Å². The van der Waals surface area contributed by atoms with E-state index in [1.807, 2.05) is 13.8 Å². The first-order chi connectivity index (χ1) is 11.9. The van der Waals surface area contributed by atoms with E-state index in [1.54, 1.807) is 24.3 Å². The summed E-state index contributed by atoms with van der Waals surface area (Å²) in [6, 6.07) is 6.47. The van der Waals surface area contributed by atoms with Crippen molar-refractivity contribution in [3.05, 3.63) is 34.9 Å². The summed E-state index contributed by atoms with van der Waals surface area (Å²) in [5.41, 5.74) is 0.158. The molecular weight excluding hydrogens is 354 g/mol. The van der Waals surface area contributed by atoms with E-state index in [-0.39, 0.29) is 36.6 Å². The van der Waals surface area contributed by atoms with Crippen molar-refractivity contribution in [3.8, 4) is 0 Å². The van der Waals surface area contributed by atoms with Crippen LogP contribution in [0.1, 0.15) is 64.2 Å². The third-order valence-electron chi connectivity index (χ3n) is 3.54. The molecule has 0 saturated carbocycles. The molecule has 0 radical (unpaired) electrons. The smallest absolute Gasteiger partial charge is 0.306 e. The Kier molecular flexibility index (Phi) is 7.82. The van der Waals surface area contributed by atoms with E-state index in [9.17, 15) is 14.4 Å². The molecule has 0 aliphatic carbocycles. The number of Topliss-reactive ketones (excluding diaryl/α,β-unsaturated/α-hetero) is 1. The van der Waals surface area contributed by atoms with E-state index >= 15 is 0 Å². The maximum Gasteiger partial charge on any atom is 0.306 e. The second-order valence-electron chi connectivity index (χ2n) is 8.26. The van der Waals surface area contributed by atoms with Gasteiger partial charge < -0.3 is 10.1 Å². The van der Waals surface area contributed by atoms with Crippen LogP contribution >= 0.6 is 11.6 Å². The summed E-state index contributed by atoms with van der Waals surface area (Å²) in [7, 11) is 0. The molecule has 0 atom stereocenters. The summed E-state index contributed by atoms with van der Waals surface area (Å²) >= 11 is 5.77. The van der Waals surface area contributed by atoms with Gasteiger partial charge in [0.2, 0.25) is 0 Å². The minimum atomic E-state index is -0.573. The van der Waals surface area contributed by atoms with Gasteiger partial charge in [-0.3, -0.25) is 14.4 Å². The highest BCUT2D eigenvalue weighted by molar-refractivity contribution is 6.30. The fourth-order valence-corrected chi connectivity index (χ4v) is 3.12. The molecule has 0 saturated heterocycles. The average Bonchev–Trinajstić information content (AvgIpc) is 2.48. The highest BCUT2D eigenvalue weighted by Crippen LogP contribution is 2.26. The van der Waals surface area contributed by atoms with Crippen molar-refractivity contribution in [2.24, 2.45) is 5.41 Å². The van der Waals surface area contributed by atoms with Gasteiger partial charge in [-0.25, -0.2) is 0 Å². The van der Waals surface area contributed by atoms with Crippen molar-refractivity contribution in [2.75, 3.05) is 6.61 Å². The minimum absolute atomic E-state index is 0.0254. The monoisotopic (exact) mass is 381 g/mol. The van der Waals surface area contributed by atoms with E-state index in [0.29, 0.717) is 10.6 Å². The van der Waals surface area contributed by atoms with Gasteiger partial charge in [0.1, 0.15) is 0 Å². The Labute approximate surface area is 160 Å². The zero-order chi connectivity index (χ0) is 20.0. The number of carbonyl (C=O) groups is 3. The summed E-state index contributed by atoms with van der Waals surface area (Å²) < 4.78 is 4.96. The number of benzene rings is 1. The summed E-state index contributed by atoms with van der Waals surface area (Å²) in [5.74, 6) is -1.10. The Morgan fingerprint density at radius 3 is 2.12 bits per heavy atom. The van der Waals surface area contributed by atoms with Crippen LogP contribution in [-0.4, -0.2) is 29.8 Å². The number of halogens is 1. The summed E-state index contributed by atoms with van der Waals surface area (Å²) in [4.78, 5) is 35.7. The van der Waals surface area contributed by atoms with Gasteiger partial charge in [0.15, 0.2) is 12.4 Å². The lowest BCUT2D eigenvalue weighted by Crippen LogP contribution is -2.47.